The van der Waals surface area contributed by atoms with Crippen molar-refractivity contribution in [2.24, 2.45) is 5.84 Å². The molecule has 0 aliphatic heterocycles. The second kappa shape index (κ2) is 6.92. The molecule has 2 rings (SSSR count). The van der Waals surface area contributed by atoms with E-state index in [1.165, 1.54) is 0 Å². The molecular formula is C15H17IN2O2. The first-order valence-corrected chi connectivity index (χ1v) is 7.21. The van der Waals surface area contributed by atoms with Crippen LogP contribution in [-0.2, 0) is 0 Å². The van der Waals surface area contributed by atoms with Crippen LogP contribution >= 0.6 is 22.6 Å². The number of nitrogens with one attached hydrogen (secondary N) is 1. The standard InChI is InChI=1S/C15H17IN2O2/c1-19-13-8-7-10(9-14(13)20-2)15(18-17)11-5-3-4-6-12(11)16/h3-9,15,18H,17H2,1-2H3. The number of hydrogen-bond donors (Lipinski definition) is 2. The van der Waals surface area contributed by atoms with Crippen molar-refractivity contribution in [3.8, 4) is 11.5 Å². The predicted octanol–water partition coefficient (Wildman–Crippen LogP) is 2.86. The van der Waals surface area contributed by atoms with Crippen LogP contribution in [0.1, 0.15) is 17.2 Å². The Morgan fingerprint density at radius 1 is 1.05 bits per heavy atom. The summed E-state index contributed by atoms with van der Waals surface area (Å²) in [6, 6.07) is 13.8. The van der Waals surface area contributed by atoms with Crippen LogP contribution in [0.15, 0.2) is 42.5 Å². The average molecular weight is 384 g/mol. The Hall–Kier alpha value is -1.31. The zero-order valence-electron chi connectivity index (χ0n) is 11.4. The molecule has 2 aromatic carbocycles. The van der Waals surface area contributed by atoms with Crippen molar-refractivity contribution in [1.82, 2.24) is 5.43 Å². The smallest absolute Gasteiger partial charge is 0.161 e. The highest BCUT2D eigenvalue weighted by atomic mass is 127. The highest BCUT2D eigenvalue weighted by Crippen LogP contribution is 2.33. The van der Waals surface area contributed by atoms with E-state index in [-0.39, 0.29) is 6.04 Å². The van der Waals surface area contributed by atoms with E-state index < -0.39 is 0 Å². The number of methoxy groups -OCH3 is 2. The SMILES string of the molecule is COc1ccc(C(NN)c2ccccc2I)cc1OC. The van der Waals surface area contributed by atoms with Crippen molar-refractivity contribution >= 4 is 22.6 Å². The van der Waals surface area contributed by atoms with Crippen LogP contribution in [0.25, 0.3) is 0 Å². The third-order valence-corrected chi connectivity index (χ3v) is 4.11. The van der Waals surface area contributed by atoms with Crippen molar-refractivity contribution in [2.45, 2.75) is 6.04 Å². The summed E-state index contributed by atoms with van der Waals surface area (Å²) < 4.78 is 11.8. The number of hydrogen-bond acceptors (Lipinski definition) is 4. The molecule has 0 amide bonds. The molecule has 3 N–H and O–H groups in total. The Morgan fingerprint density at radius 3 is 2.35 bits per heavy atom. The monoisotopic (exact) mass is 384 g/mol. The lowest BCUT2D eigenvalue weighted by Gasteiger charge is -2.19. The van der Waals surface area contributed by atoms with Gasteiger partial charge in [-0.25, -0.2) is 5.43 Å². The lowest BCUT2D eigenvalue weighted by Crippen LogP contribution is -2.29. The molecule has 4 nitrogen and oxygen atoms in total. The van der Waals surface area contributed by atoms with E-state index in [9.17, 15) is 0 Å². The number of nitrogens with two attached hydrogens (primary N) is 1. The summed E-state index contributed by atoms with van der Waals surface area (Å²) in [5.41, 5.74) is 5.01. The first-order chi connectivity index (χ1) is 9.71. The van der Waals surface area contributed by atoms with Gasteiger partial charge in [0.25, 0.3) is 0 Å². The largest absolute Gasteiger partial charge is 0.493 e. The second-order valence-corrected chi connectivity index (χ2v) is 5.40. The van der Waals surface area contributed by atoms with Gasteiger partial charge in [-0.1, -0.05) is 24.3 Å². The number of benzene rings is 2. The van der Waals surface area contributed by atoms with Gasteiger partial charge in [0.05, 0.1) is 20.3 Å². The maximum atomic E-state index is 5.74. The van der Waals surface area contributed by atoms with Crippen LogP contribution in [0.4, 0.5) is 0 Å². The molecule has 5 heteroatoms. The van der Waals surface area contributed by atoms with E-state index in [2.05, 4.69) is 40.1 Å². The van der Waals surface area contributed by atoms with Gasteiger partial charge in [-0.3, -0.25) is 5.84 Å². The summed E-state index contributed by atoms with van der Waals surface area (Å²) in [6.07, 6.45) is 0. The Bertz CT molecular complexity index is 590. The molecule has 0 aliphatic rings. The molecule has 20 heavy (non-hydrogen) atoms. The Kier molecular flexibility index (Phi) is 5.22. The summed E-state index contributed by atoms with van der Waals surface area (Å²) >= 11 is 2.31. The third-order valence-electron chi connectivity index (χ3n) is 3.12. The Balaban J connectivity index is 2.45. The van der Waals surface area contributed by atoms with E-state index in [1.54, 1.807) is 14.2 Å². The molecule has 0 fully saturated rings. The average Bonchev–Trinajstić information content (AvgIpc) is 2.49. The maximum absolute atomic E-state index is 5.74. The van der Waals surface area contributed by atoms with Gasteiger partial charge in [0.2, 0.25) is 0 Å². The molecule has 0 spiro atoms. The second-order valence-electron chi connectivity index (χ2n) is 4.24. The molecule has 0 saturated carbocycles. The van der Waals surface area contributed by atoms with E-state index in [0.717, 1.165) is 14.7 Å². The molecule has 106 valence electrons. The fourth-order valence-electron chi connectivity index (χ4n) is 2.11. The quantitative estimate of drug-likeness (QED) is 0.473. The fraction of sp³-hybridized carbons (Fsp3) is 0.200. The van der Waals surface area contributed by atoms with Crippen molar-refractivity contribution in [1.29, 1.82) is 0 Å². The van der Waals surface area contributed by atoms with Crippen molar-refractivity contribution in [3.05, 3.63) is 57.2 Å². The number of halogens is 1. The molecule has 0 radical (unpaired) electrons. The lowest BCUT2D eigenvalue weighted by atomic mass is 9.99. The van der Waals surface area contributed by atoms with Gasteiger partial charge >= 0.3 is 0 Å². The predicted molar refractivity (Wildman–Crippen MR) is 87.9 cm³/mol. The van der Waals surface area contributed by atoms with Gasteiger partial charge in [-0.15, -0.1) is 0 Å². The lowest BCUT2D eigenvalue weighted by molar-refractivity contribution is 0.354. The summed E-state index contributed by atoms with van der Waals surface area (Å²) in [7, 11) is 3.25. The fourth-order valence-corrected chi connectivity index (χ4v) is 2.81. The van der Waals surface area contributed by atoms with E-state index in [0.29, 0.717) is 11.5 Å². The minimum absolute atomic E-state index is 0.0945. The normalized spacial score (nSPS) is 12.0. The van der Waals surface area contributed by atoms with E-state index in [1.807, 2.05) is 30.3 Å². The molecular weight excluding hydrogens is 367 g/mol. The summed E-state index contributed by atoms with van der Waals surface area (Å²) in [5, 5.41) is 0. The minimum Gasteiger partial charge on any atom is -0.493 e. The molecule has 1 atom stereocenters. The zero-order chi connectivity index (χ0) is 14.5. The van der Waals surface area contributed by atoms with Crippen molar-refractivity contribution < 1.29 is 9.47 Å². The number of ether oxygens (including phenoxy) is 2. The van der Waals surface area contributed by atoms with Gasteiger partial charge in [0.1, 0.15) is 0 Å². The molecule has 0 bridgehead atoms. The highest BCUT2D eigenvalue weighted by molar-refractivity contribution is 14.1. The van der Waals surface area contributed by atoms with Crippen LogP contribution in [-0.4, -0.2) is 14.2 Å². The number of rotatable bonds is 5. The third kappa shape index (κ3) is 3.05. The van der Waals surface area contributed by atoms with Crippen LogP contribution < -0.4 is 20.7 Å². The Morgan fingerprint density at radius 2 is 1.75 bits per heavy atom. The molecule has 0 aromatic heterocycles. The summed E-state index contributed by atoms with van der Waals surface area (Å²) in [6.45, 7) is 0. The van der Waals surface area contributed by atoms with E-state index in [4.69, 9.17) is 15.3 Å². The first-order valence-electron chi connectivity index (χ1n) is 6.13. The van der Waals surface area contributed by atoms with Gasteiger partial charge in [0.15, 0.2) is 11.5 Å². The van der Waals surface area contributed by atoms with Gasteiger partial charge in [-0.05, 0) is 51.9 Å². The zero-order valence-corrected chi connectivity index (χ0v) is 13.5. The molecule has 0 saturated heterocycles. The van der Waals surface area contributed by atoms with Gasteiger partial charge in [-0.2, -0.15) is 0 Å². The van der Waals surface area contributed by atoms with Crippen LogP contribution in [0, 0.1) is 3.57 Å². The summed E-state index contributed by atoms with van der Waals surface area (Å²) in [4.78, 5) is 0. The Labute approximate surface area is 132 Å². The first kappa shape index (κ1) is 15.1. The molecule has 1 unspecified atom stereocenters. The molecule has 2 aromatic rings. The van der Waals surface area contributed by atoms with Gasteiger partial charge in [0, 0.05) is 3.57 Å². The van der Waals surface area contributed by atoms with Crippen LogP contribution in [0.2, 0.25) is 0 Å². The van der Waals surface area contributed by atoms with Crippen LogP contribution in [0.5, 0.6) is 11.5 Å². The van der Waals surface area contributed by atoms with Crippen LogP contribution in [0.3, 0.4) is 0 Å². The molecule has 0 heterocycles. The van der Waals surface area contributed by atoms with E-state index >= 15 is 0 Å². The number of hydrazine groups is 1. The highest BCUT2D eigenvalue weighted by Gasteiger charge is 2.17. The summed E-state index contributed by atoms with van der Waals surface area (Å²) in [5.74, 6) is 7.14. The van der Waals surface area contributed by atoms with Crippen molar-refractivity contribution in [2.75, 3.05) is 14.2 Å². The molecule has 0 aliphatic carbocycles. The minimum atomic E-state index is -0.0945. The van der Waals surface area contributed by atoms with Crippen molar-refractivity contribution in [3.63, 3.8) is 0 Å². The maximum Gasteiger partial charge on any atom is 0.161 e. The van der Waals surface area contributed by atoms with Gasteiger partial charge < -0.3 is 9.47 Å². The topological polar surface area (TPSA) is 56.5 Å².